The Morgan fingerprint density at radius 2 is 1.96 bits per heavy atom. The fourth-order valence-electron chi connectivity index (χ4n) is 3.06. The van der Waals surface area contributed by atoms with Crippen LogP contribution in [0.15, 0.2) is 47.4 Å². The van der Waals surface area contributed by atoms with Crippen LogP contribution in [-0.4, -0.2) is 34.0 Å². The second kappa shape index (κ2) is 6.79. The minimum atomic E-state index is -0.333. The maximum Gasteiger partial charge on any atom is 0.260 e. The second-order valence-electron chi connectivity index (χ2n) is 6.00. The van der Waals surface area contributed by atoms with Gasteiger partial charge in [-0.3, -0.25) is 9.59 Å². The van der Waals surface area contributed by atoms with Gasteiger partial charge >= 0.3 is 0 Å². The predicted molar refractivity (Wildman–Crippen MR) is 87.1 cm³/mol. The second-order valence-corrected chi connectivity index (χ2v) is 6.00. The lowest BCUT2D eigenvalue weighted by atomic mass is 9.98. The van der Waals surface area contributed by atoms with Gasteiger partial charge in [-0.05, 0) is 42.0 Å². The average Bonchev–Trinajstić information content (AvgIpc) is 3.04. The highest BCUT2D eigenvalue weighted by Gasteiger charge is 2.28. The van der Waals surface area contributed by atoms with Gasteiger partial charge in [0.25, 0.3) is 11.5 Å². The van der Waals surface area contributed by atoms with Crippen LogP contribution < -0.4 is 5.56 Å². The Kier molecular flexibility index (Phi) is 4.57. The molecule has 5 nitrogen and oxygen atoms in total. The molecule has 1 amide bonds. The number of carbonyl (C=O) groups excluding carboxylic acids is 1. The molecule has 0 saturated carbocycles. The number of hydrogen-bond donors (Lipinski definition) is 2. The van der Waals surface area contributed by atoms with Crippen molar-refractivity contribution in [3.05, 3.63) is 69.6 Å². The Labute approximate surface area is 134 Å². The topological polar surface area (TPSA) is 73.4 Å². The maximum absolute atomic E-state index is 12.4. The quantitative estimate of drug-likeness (QED) is 0.900. The maximum atomic E-state index is 12.4. The van der Waals surface area contributed by atoms with Crippen LogP contribution in [0.4, 0.5) is 0 Å². The first-order chi connectivity index (χ1) is 11.2. The summed E-state index contributed by atoms with van der Waals surface area (Å²) in [5, 5.41) is 9.07. The van der Waals surface area contributed by atoms with Crippen LogP contribution in [0, 0.1) is 5.92 Å². The van der Waals surface area contributed by atoms with Crippen LogP contribution in [0.1, 0.15) is 27.9 Å². The monoisotopic (exact) mass is 312 g/mol. The molecule has 2 heterocycles. The van der Waals surface area contributed by atoms with Gasteiger partial charge in [-0.15, -0.1) is 0 Å². The minimum Gasteiger partial charge on any atom is -0.392 e. The molecule has 3 rings (SSSR count). The number of aromatic nitrogens is 1. The van der Waals surface area contributed by atoms with E-state index in [1.165, 1.54) is 11.8 Å². The van der Waals surface area contributed by atoms with Crippen molar-refractivity contribution in [3.8, 4) is 0 Å². The largest absolute Gasteiger partial charge is 0.392 e. The minimum absolute atomic E-state index is 0.0532. The number of rotatable bonds is 4. The van der Waals surface area contributed by atoms with E-state index < -0.39 is 0 Å². The third-order valence-electron chi connectivity index (χ3n) is 4.35. The van der Waals surface area contributed by atoms with Crippen LogP contribution >= 0.6 is 0 Å². The van der Waals surface area contributed by atoms with Gasteiger partial charge < -0.3 is 15.0 Å². The smallest absolute Gasteiger partial charge is 0.260 e. The number of hydrogen-bond acceptors (Lipinski definition) is 3. The summed E-state index contributed by atoms with van der Waals surface area (Å²) in [6.45, 7) is 1.42. The summed E-state index contributed by atoms with van der Waals surface area (Å²) in [5.74, 6) is 0.215. The third kappa shape index (κ3) is 3.51. The lowest BCUT2D eigenvalue weighted by Crippen LogP contribution is -2.33. The van der Waals surface area contributed by atoms with Gasteiger partial charge in [-0.25, -0.2) is 0 Å². The van der Waals surface area contributed by atoms with E-state index in [9.17, 15) is 9.59 Å². The molecule has 1 fully saturated rings. The molecule has 120 valence electrons. The van der Waals surface area contributed by atoms with Crippen molar-refractivity contribution < 1.29 is 9.90 Å². The number of aliphatic hydroxyl groups is 1. The Balaban J connectivity index is 1.63. The summed E-state index contributed by atoms with van der Waals surface area (Å²) in [6.07, 6.45) is 3.38. The molecule has 2 aromatic rings. The van der Waals surface area contributed by atoms with Gasteiger partial charge in [-0.2, -0.15) is 0 Å². The van der Waals surface area contributed by atoms with E-state index in [4.69, 9.17) is 5.11 Å². The normalized spacial score (nSPS) is 17.4. The molecule has 1 atom stereocenters. The molecule has 5 heteroatoms. The molecule has 1 aromatic heterocycles. The molecular weight excluding hydrogens is 292 g/mol. The number of nitrogens with zero attached hydrogens (tertiary/aromatic N) is 1. The molecule has 0 radical (unpaired) electrons. The lowest BCUT2D eigenvalue weighted by Gasteiger charge is -2.16. The summed E-state index contributed by atoms with van der Waals surface area (Å²) >= 11 is 0. The molecule has 23 heavy (non-hydrogen) atoms. The molecule has 1 aromatic carbocycles. The number of H-pyrrole nitrogens is 1. The summed E-state index contributed by atoms with van der Waals surface area (Å²) in [5.41, 5.74) is 1.99. The molecule has 1 unspecified atom stereocenters. The number of aromatic amines is 1. The van der Waals surface area contributed by atoms with Crippen molar-refractivity contribution >= 4 is 5.91 Å². The zero-order chi connectivity index (χ0) is 16.2. The van der Waals surface area contributed by atoms with E-state index in [1.807, 2.05) is 24.3 Å². The van der Waals surface area contributed by atoms with Crippen LogP contribution in [0.3, 0.4) is 0 Å². The Hall–Kier alpha value is -2.40. The van der Waals surface area contributed by atoms with E-state index >= 15 is 0 Å². The Bertz CT molecular complexity index is 736. The molecule has 0 spiro atoms. The number of amides is 1. The highest BCUT2D eigenvalue weighted by atomic mass is 16.3. The molecule has 1 saturated heterocycles. The standard InChI is InChI=1S/C18H20N2O3/c21-12-14-5-3-13(4-6-14)10-15-7-9-20(11-15)18(23)16-2-1-8-19-17(16)22/h1-6,8,15,21H,7,9-12H2,(H,19,22). The average molecular weight is 312 g/mol. The number of benzene rings is 1. The Morgan fingerprint density at radius 1 is 1.22 bits per heavy atom. The van der Waals surface area contributed by atoms with Crippen LogP contribution in [0.2, 0.25) is 0 Å². The van der Waals surface area contributed by atoms with Gasteiger partial charge in [0.1, 0.15) is 5.56 Å². The van der Waals surface area contributed by atoms with Gasteiger partial charge in [-0.1, -0.05) is 24.3 Å². The van der Waals surface area contributed by atoms with Gasteiger partial charge in [0.2, 0.25) is 0 Å². The number of nitrogens with one attached hydrogen (secondary N) is 1. The highest BCUT2D eigenvalue weighted by Crippen LogP contribution is 2.22. The Morgan fingerprint density at radius 3 is 2.65 bits per heavy atom. The fraction of sp³-hybridized carbons (Fsp3) is 0.333. The van der Waals surface area contributed by atoms with Crippen molar-refractivity contribution in [2.45, 2.75) is 19.4 Å². The summed E-state index contributed by atoms with van der Waals surface area (Å²) < 4.78 is 0. The SMILES string of the molecule is O=C(c1ccc[nH]c1=O)N1CCC(Cc2ccc(CO)cc2)C1. The molecule has 2 N–H and O–H groups in total. The van der Waals surface area contributed by atoms with Crippen molar-refractivity contribution in [2.75, 3.05) is 13.1 Å². The molecular formula is C18H20N2O3. The van der Waals surface area contributed by atoms with E-state index in [-0.39, 0.29) is 23.6 Å². The number of pyridine rings is 1. The molecule has 1 aliphatic rings. The van der Waals surface area contributed by atoms with Crippen LogP contribution in [-0.2, 0) is 13.0 Å². The predicted octanol–water partition coefficient (Wildman–Crippen LogP) is 1.57. The van der Waals surface area contributed by atoms with Gasteiger partial charge in [0.15, 0.2) is 0 Å². The summed E-state index contributed by atoms with van der Waals surface area (Å²) in [7, 11) is 0. The number of aliphatic hydroxyl groups excluding tert-OH is 1. The van der Waals surface area contributed by atoms with Crippen LogP contribution in [0.25, 0.3) is 0 Å². The summed E-state index contributed by atoms with van der Waals surface area (Å²) in [4.78, 5) is 28.5. The summed E-state index contributed by atoms with van der Waals surface area (Å²) in [6, 6.07) is 11.1. The fourth-order valence-corrected chi connectivity index (χ4v) is 3.06. The van der Waals surface area contributed by atoms with E-state index in [0.29, 0.717) is 19.0 Å². The van der Waals surface area contributed by atoms with Gasteiger partial charge in [0.05, 0.1) is 6.61 Å². The molecule has 0 bridgehead atoms. The number of carbonyl (C=O) groups is 1. The first kappa shape index (κ1) is 15.5. The van der Waals surface area contributed by atoms with E-state index in [0.717, 1.165) is 18.4 Å². The van der Waals surface area contributed by atoms with Crippen molar-refractivity contribution in [1.29, 1.82) is 0 Å². The van der Waals surface area contributed by atoms with Gasteiger partial charge in [0, 0.05) is 19.3 Å². The lowest BCUT2D eigenvalue weighted by molar-refractivity contribution is 0.0785. The number of likely N-dealkylation sites (tertiary alicyclic amines) is 1. The van der Waals surface area contributed by atoms with Crippen molar-refractivity contribution in [3.63, 3.8) is 0 Å². The first-order valence-corrected chi connectivity index (χ1v) is 7.83. The third-order valence-corrected chi connectivity index (χ3v) is 4.35. The molecule has 0 aliphatic carbocycles. The van der Waals surface area contributed by atoms with E-state index in [2.05, 4.69) is 4.98 Å². The zero-order valence-electron chi connectivity index (χ0n) is 12.9. The van der Waals surface area contributed by atoms with E-state index in [1.54, 1.807) is 17.0 Å². The highest BCUT2D eigenvalue weighted by molar-refractivity contribution is 5.93. The van der Waals surface area contributed by atoms with Crippen LogP contribution in [0.5, 0.6) is 0 Å². The van der Waals surface area contributed by atoms with Crippen molar-refractivity contribution in [1.82, 2.24) is 9.88 Å². The first-order valence-electron chi connectivity index (χ1n) is 7.83. The molecule has 1 aliphatic heterocycles. The zero-order valence-corrected chi connectivity index (χ0v) is 12.9. The van der Waals surface area contributed by atoms with Crippen molar-refractivity contribution in [2.24, 2.45) is 5.92 Å².